The molecule has 3 N–H and O–H groups in total. The van der Waals surface area contributed by atoms with E-state index in [1.807, 2.05) is 32.0 Å². The van der Waals surface area contributed by atoms with E-state index in [1.54, 1.807) is 0 Å². The standard InChI is InChI=1S/C14H22N2OS/c1-4-5-11(3)16-14(17)9-18-13-8-12(15)7-6-10(13)2/h6-8,11H,4-5,9,15H2,1-3H3,(H,16,17). The molecule has 0 fully saturated rings. The molecular weight excluding hydrogens is 244 g/mol. The maximum atomic E-state index is 11.7. The summed E-state index contributed by atoms with van der Waals surface area (Å²) >= 11 is 1.54. The Morgan fingerprint density at radius 1 is 1.50 bits per heavy atom. The summed E-state index contributed by atoms with van der Waals surface area (Å²) in [7, 11) is 0. The minimum Gasteiger partial charge on any atom is -0.399 e. The van der Waals surface area contributed by atoms with Gasteiger partial charge in [-0.2, -0.15) is 0 Å². The third-order valence-electron chi connectivity index (χ3n) is 2.70. The van der Waals surface area contributed by atoms with Gasteiger partial charge in [0.15, 0.2) is 0 Å². The number of nitrogens with two attached hydrogens (primary N) is 1. The van der Waals surface area contributed by atoms with Crippen LogP contribution in [0.5, 0.6) is 0 Å². The molecule has 1 aromatic rings. The van der Waals surface area contributed by atoms with Gasteiger partial charge in [0.05, 0.1) is 5.75 Å². The zero-order chi connectivity index (χ0) is 13.5. The molecule has 0 saturated carbocycles. The molecule has 0 spiro atoms. The van der Waals surface area contributed by atoms with E-state index in [0.29, 0.717) is 5.75 Å². The number of aryl methyl sites for hydroxylation is 1. The summed E-state index contributed by atoms with van der Waals surface area (Å²) in [5, 5.41) is 2.99. The van der Waals surface area contributed by atoms with Crippen LogP contribution in [-0.2, 0) is 4.79 Å². The molecule has 0 aliphatic rings. The van der Waals surface area contributed by atoms with E-state index in [1.165, 1.54) is 11.8 Å². The number of nitrogen functional groups attached to an aromatic ring is 1. The molecule has 0 aromatic heterocycles. The molecule has 3 nitrogen and oxygen atoms in total. The minimum absolute atomic E-state index is 0.0859. The highest BCUT2D eigenvalue weighted by Gasteiger charge is 2.08. The van der Waals surface area contributed by atoms with Crippen LogP contribution in [0.2, 0.25) is 0 Å². The van der Waals surface area contributed by atoms with Gasteiger partial charge in [0.1, 0.15) is 0 Å². The fraction of sp³-hybridized carbons (Fsp3) is 0.500. The predicted octanol–water partition coefficient (Wildman–Crippen LogP) is 2.97. The number of nitrogens with one attached hydrogen (secondary N) is 1. The number of thioether (sulfide) groups is 1. The van der Waals surface area contributed by atoms with Crippen LogP contribution in [0.3, 0.4) is 0 Å². The van der Waals surface area contributed by atoms with Crippen molar-refractivity contribution in [3.05, 3.63) is 23.8 Å². The number of hydrogen-bond donors (Lipinski definition) is 2. The van der Waals surface area contributed by atoms with Gasteiger partial charge in [0, 0.05) is 16.6 Å². The highest BCUT2D eigenvalue weighted by atomic mass is 32.2. The average Bonchev–Trinajstić information content (AvgIpc) is 2.30. The van der Waals surface area contributed by atoms with E-state index in [-0.39, 0.29) is 11.9 Å². The second-order valence-corrected chi connectivity index (χ2v) is 5.59. The van der Waals surface area contributed by atoms with Crippen LogP contribution in [0.1, 0.15) is 32.3 Å². The topological polar surface area (TPSA) is 55.1 Å². The molecule has 1 rings (SSSR count). The monoisotopic (exact) mass is 266 g/mol. The number of carbonyl (C=O) groups excluding carboxylic acids is 1. The van der Waals surface area contributed by atoms with Gasteiger partial charge in [-0.3, -0.25) is 4.79 Å². The molecule has 1 aromatic carbocycles. The Hall–Kier alpha value is -1.16. The van der Waals surface area contributed by atoms with Crippen molar-refractivity contribution in [1.29, 1.82) is 0 Å². The summed E-state index contributed by atoms with van der Waals surface area (Å²) in [5.74, 6) is 0.529. The second-order valence-electron chi connectivity index (χ2n) is 4.57. The van der Waals surface area contributed by atoms with Crippen LogP contribution in [0.15, 0.2) is 23.1 Å². The first-order valence-electron chi connectivity index (χ1n) is 6.31. The van der Waals surface area contributed by atoms with Crippen molar-refractivity contribution in [3.8, 4) is 0 Å². The SMILES string of the molecule is CCCC(C)NC(=O)CSc1cc(N)ccc1C. The van der Waals surface area contributed by atoms with E-state index in [0.717, 1.165) is 29.0 Å². The second kappa shape index (κ2) is 7.31. The van der Waals surface area contributed by atoms with Crippen LogP contribution in [0.25, 0.3) is 0 Å². The molecule has 1 atom stereocenters. The van der Waals surface area contributed by atoms with Gasteiger partial charge in [-0.25, -0.2) is 0 Å². The Bertz CT molecular complexity index is 407. The summed E-state index contributed by atoms with van der Waals surface area (Å²) in [4.78, 5) is 12.8. The third-order valence-corrected chi connectivity index (χ3v) is 3.86. The van der Waals surface area contributed by atoms with Gasteiger partial charge in [0.2, 0.25) is 5.91 Å². The van der Waals surface area contributed by atoms with Crippen molar-refractivity contribution in [2.45, 2.75) is 44.6 Å². The van der Waals surface area contributed by atoms with E-state index in [4.69, 9.17) is 5.73 Å². The summed E-state index contributed by atoms with van der Waals surface area (Å²) in [5.41, 5.74) is 7.64. The number of hydrogen-bond acceptors (Lipinski definition) is 3. The van der Waals surface area contributed by atoms with Gasteiger partial charge in [0.25, 0.3) is 0 Å². The lowest BCUT2D eigenvalue weighted by atomic mass is 10.2. The Morgan fingerprint density at radius 2 is 2.22 bits per heavy atom. The van der Waals surface area contributed by atoms with Gasteiger partial charge < -0.3 is 11.1 Å². The maximum Gasteiger partial charge on any atom is 0.230 e. The minimum atomic E-state index is 0.0859. The molecule has 1 unspecified atom stereocenters. The molecule has 0 aliphatic carbocycles. The first kappa shape index (κ1) is 14.9. The van der Waals surface area contributed by atoms with E-state index in [2.05, 4.69) is 12.2 Å². The van der Waals surface area contributed by atoms with Crippen LogP contribution >= 0.6 is 11.8 Å². The maximum absolute atomic E-state index is 11.7. The Morgan fingerprint density at radius 3 is 2.89 bits per heavy atom. The quantitative estimate of drug-likeness (QED) is 0.615. The molecule has 0 heterocycles. The molecule has 0 aliphatic heterocycles. The number of amides is 1. The zero-order valence-corrected chi connectivity index (χ0v) is 12.1. The van der Waals surface area contributed by atoms with Gasteiger partial charge >= 0.3 is 0 Å². The first-order valence-corrected chi connectivity index (χ1v) is 7.29. The molecule has 0 saturated heterocycles. The highest BCUT2D eigenvalue weighted by molar-refractivity contribution is 8.00. The van der Waals surface area contributed by atoms with Crippen molar-refractivity contribution in [2.75, 3.05) is 11.5 Å². The molecule has 0 radical (unpaired) electrons. The highest BCUT2D eigenvalue weighted by Crippen LogP contribution is 2.24. The average molecular weight is 266 g/mol. The first-order chi connectivity index (χ1) is 8.52. The number of rotatable bonds is 6. The van der Waals surface area contributed by atoms with Crippen LogP contribution in [0, 0.1) is 6.92 Å². The van der Waals surface area contributed by atoms with Gasteiger partial charge in [-0.05, 0) is 38.0 Å². The van der Waals surface area contributed by atoms with Crippen molar-refractivity contribution in [1.82, 2.24) is 5.32 Å². The Balaban J connectivity index is 2.45. The van der Waals surface area contributed by atoms with Crippen molar-refractivity contribution in [2.24, 2.45) is 0 Å². The number of carbonyl (C=O) groups is 1. The lowest BCUT2D eigenvalue weighted by Gasteiger charge is -2.13. The van der Waals surface area contributed by atoms with Crippen molar-refractivity contribution >= 4 is 23.4 Å². The Labute approximate surface area is 114 Å². The summed E-state index contributed by atoms with van der Waals surface area (Å²) in [6.45, 7) is 6.19. The van der Waals surface area contributed by atoms with E-state index >= 15 is 0 Å². The predicted molar refractivity (Wildman–Crippen MR) is 78.8 cm³/mol. The molecule has 100 valence electrons. The van der Waals surface area contributed by atoms with Crippen molar-refractivity contribution < 1.29 is 4.79 Å². The zero-order valence-electron chi connectivity index (χ0n) is 11.3. The Kier molecular flexibility index (Phi) is 6.05. The third kappa shape index (κ3) is 5.00. The molecule has 4 heteroatoms. The lowest BCUT2D eigenvalue weighted by Crippen LogP contribution is -2.33. The largest absolute Gasteiger partial charge is 0.399 e. The van der Waals surface area contributed by atoms with Gasteiger partial charge in [-0.15, -0.1) is 11.8 Å². The summed E-state index contributed by atoms with van der Waals surface area (Å²) in [6.07, 6.45) is 2.11. The normalized spacial score (nSPS) is 12.2. The van der Waals surface area contributed by atoms with E-state index in [9.17, 15) is 4.79 Å². The summed E-state index contributed by atoms with van der Waals surface area (Å²) < 4.78 is 0. The smallest absolute Gasteiger partial charge is 0.230 e. The number of anilines is 1. The summed E-state index contributed by atoms with van der Waals surface area (Å²) in [6, 6.07) is 6.03. The van der Waals surface area contributed by atoms with E-state index < -0.39 is 0 Å². The van der Waals surface area contributed by atoms with Crippen molar-refractivity contribution in [3.63, 3.8) is 0 Å². The molecule has 1 amide bonds. The van der Waals surface area contributed by atoms with Crippen LogP contribution in [-0.4, -0.2) is 17.7 Å². The van der Waals surface area contributed by atoms with Crippen LogP contribution in [0.4, 0.5) is 5.69 Å². The molecule has 18 heavy (non-hydrogen) atoms. The molecular formula is C14H22N2OS. The fourth-order valence-corrected chi connectivity index (χ4v) is 2.62. The molecule has 0 bridgehead atoms. The fourth-order valence-electron chi connectivity index (χ4n) is 1.74. The lowest BCUT2D eigenvalue weighted by molar-refractivity contribution is -0.119. The van der Waals surface area contributed by atoms with Gasteiger partial charge in [-0.1, -0.05) is 19.4 Å². The number of benzene rings is 1. The van der Waals surface area contributed by atoms with Crippen LogP contribution < -0.4 is 11.1 Å².